The lowest BCUT2D eigenvalue weighted by molar-refractivity contribution is 0.415. The minimum absolute atomic E-state index is 0.477. The van der Waals surface area contributed by atoms with Gasteiger partial charge in [0, 0.05) is 23.0 Å². The molecule has 0 aliphatic heterocycles. The molecule has 0 aliphatic carbocycles. The number of sulfonamides is 1. The maximum Gasteiger partial charge on any atom is 0.229 e. The molecule has 0 radical (unpaired) electrons. The summed E-state index contributed by atoms with van der Waals surface area (Å²) in [4.78, 5) is 4.55. The largest absolute Gasteiger partial charge is 0.497 e. The summed E-state index contributed by atoms with van der Waals surface area (Å²) in [7, 11) is -1.75. The number of aromatic amines is 1. The van der Waals surface area contributed by atoms with Crippen LogP contribution in [0.2, 0.25) is 0 Å². The zero-order valence-electron chi connectivity index (χ0n) is 15.3. The fourth-order valence-electron chi connectivity index (χ4n) is 3.11. The monoisotopic (exact) mass is 394 g/mol. The Labute approximate surface area is 162 Å². The lowest BCUT2D eigenvalue weighted by atomic mass is 10.0. The summed E-state index contributed by atoms with van der Waals surface area (Å²) >= 11 is 0. The highest BCUT2D eigenvalue weighted by molar-refractivity contribution is 7.92. The topological polar surface area (TPSA) is 97.0 Å². The fourth-order valence-corrected chi connectivity index (χ4v) is 3.66. The van der Waals surface area contributed by atoms with Gasteiger partial charge < -0.3 is 4.74 Å². The molecule has 7 nitrogen and oxygen atoms in total. The predicted octanol–water partition coefficient (Wildman–Crippen LogP) is 3.67. The molecular weight excluding hydrogens is 376 g/mol. The molecule has 4 aromatic rings. The number of nitrogens with one attached hydrogen (secondary N) is 2. The van der Waals surface area contributed by atoms with Crippen molar-refractivity contribution in [3.63, 3.8) is 0 Å². The highest BCUT2D eigenvalue weighted by Crippen LogP contribution is 2.35. The van der Waals surface area contributed by atoms with E-state index < -0.39 is 10.0 Å². The molecule has 4 rings (SSSR count). The van der Waals surface area contributed by atoms with Crippen LogP contribution in [-0.2, 0) is 10.0 Å². The molecule has 0 atom stereocenters. The Kier molecular flexibility index (Phi) is 4.48. The van der Waals surface area contributed by atoms with Crippen LogP contribution >= 0.6 is 0 Å². The Morgan fingerprint density at radius 3 is 2.50 bits per heavy atom. The normalized spacial score (nSPS) is 11.5. The lowest BCUT2D eigenvalue weighted by Gasteiger charge is -2.08. The van der Waals surface area contributed by atoms with Crippen molar-refractivity contribution in [1.29, 1.82) is 0 Å². The number of anilines is 1. The van der Waals surface area contributed by atoms with Gasteiger partial charge >= 0.3 is 0 Å². The summed E-state index contributed by atoms with van der Waals surface area (Å²) in [5, 5.41) is 8.38. The minimum Gasteiger partial charge on any atom is -0.497 e. The van der Waals surface area contributed by atoms with Crippen molar-refractivity contribution in [2.45, 2.75) is 0 Å². The maximum atomic E-state index is 11.6. The SMILES string of the molecule is COc1cccc(-c2n[nH]c3ccnc(-c4cccc(NS(C)(=O)=O)c4)c23)c1. The summed E-state index contributed by atoms with van der Waals surface area (Å²) in [6, 6.07) is 16.6. The lowest BCUT2D eigenvalue weighted by Crippen LogP contribution is -2.09. The zero-order valence-corrected chi connectivity index (χ0v) is 16.1. The molecule has 0 fully saturated rings. The first-order valence-electron chi connectivity index (χ1n) is 8.50. The molecule has 2 heterocycles. The van der Waals surface area contributed by atoms with E-state index in [9.17, 15) is 8.42 Å². The van der Waals surface area contributed by atoms with Gasteiger partial charge in [0.2, 0.25) is 10.0 Å². The van der Waals surface area contributed by atoms with E-state index in [0.29, 0.717) is 11.4 Å². The molecule has 2 aromatic carbocycles. The van der Waals surface area contributed by atoms with Crippen molar-refractivity contribution in [3.05, 3.63) is 60.8 Å². The Hall–Kier alpha value is -3.39. The molecule has 0 unspecified atom stereocenters. The number of methoxy groups -OCH3 is 1. The van der Waals surface area contributed by atoms with Gasteiger partial charge in [0.1, 0.15) is 11.4 Å². The van der Waals surface area contributed by atoms with Crippen molar-refractivity contribution in [2.24, 2.45) is 0 Å². The second-order valence-corrected chi connectivity index (χ2v) is 8.09. The van der Waals surface area contributed by atoms with Crippen molar-refractivity contribution >= 4 is 26.6 Å². The number of benzene rings is 2. The number of hydrogen-bond acceptors (Lipinski definition) is 5. The molecule has 0 aliphatic rings. The van der Waals surface area contributed by atoms with E-state index >= 15 is 0 Å². The second-order valence-electron chi connectivity index (χ2n) is 6.34. The Balaban J connectivity index is 1.89. The van der Waals surface area contributed by atoms with Crippen LogP contribution in [0, 0.1) is 0 Å². The molecule has 0 amide bonds. The maximum absolute atomic E-state index is 11.6. The summed E-state index contributed by atoms with van der Waals surface area (Å²) in [5.74, 6) is 0.735. The average molecular weight is 394 g/mol. The summed E-state index contributed by atoms with van der Waals surface area (Å²) in [5.41, 5.74) is 4.45. The molecule has 28 heavy (non-hydrogen) atoms. The van der Waals surface area contributed by atoms with E-state index in [-0.39, 0.29) is 0 Å². The van der Waals surface area contributed by atoms with Crippen molar-refractivity contribution in [1.82, 2.24) is 15.2 Å². The van der Waals surface area contributed by atoms with E-state index in [0.717, 1.165) is 39.7 Å². The fraction of sp³-hybridized carbons (Fsp3) is 0.100. The minimum atomic E-state index is -3.37. The molecule has 0 bridgehead atoms. The number of pyridine rings is 1. The molecule has 0 saturated heterocycles. The predicted molar refractivity (Wildman–Crippen MR) is 110 cm³/mol. The zero-order chi connectivity index (χ0) is 19.7. The van der Waals surface area contributed by atoms with Crippen molar-refractivity contribution < 1.29 is 13.2 Å². The van der Waals surface area contributed by atoms with E-state index in [2.05, 4.69) is 19.9 Å². The molecule has 8 heteroatoms. The highest BCUT2D eigenvalue weighted by Gasteiger charge is 2.16. The van der Waals surface area contributed by atoms with Gasteiger partial charge in [-0.25, -0.2) is 8.42 Å². The number of ether oxygens (including phenoxy) is 1. The highest BCUT2D eigenvalue weighted by atomic mass is 32.2. The van der Waals surface area contributed by atoms with Gasteiger partial charge in [0.15, 0.2) is 0 Å². The quantitative estimate of drug-likeness (QED) is 0.538. The van der Waals surface area contributed by atoms with Crippen LogP contribution in [0.1, 0.15) is 0 Å². The molecule has 2 aromatic heterocycles. The number of aromatic nitrogens is 3. The first-order chi connectivity index (χ1) is 13.4. The molecule has 2 N–H and O–H groups in total. The van der Waals surface area contributed by atoms with Crippen LogP contribution in [0.3, 0.4) is 0 Å². The number of rotatable bonds is 5. The van der Waals surface area contributed by atoms with E-state index in [1.165, 1.54) is 0 Å². The Morgan fingerprint density at radius 1 is 1.00 bits per heavy atom. The van der Waals surface area contributed by atoms with Gasteiger partial charge in [0.05, 0.1) is 30.0 Å². The van der Waals surface area contributed by atoms with Gasteiger partial charge in [-0.1, -0.05) is 24.3 Å². The standard InChI is InChI=1S/C20H18N4O3S/c1-27-16-8-4-6-14(12-16)20-18-17(22-23-20)9-10-21-19(18)13-5-3-7-15(11-13)24-28(2,25)26/h3-12,24H,1-2H3,(H,22,23). The summed E-state index contributed by atoms with van der Waals surface area (Å²) in [6.45, 7) is 0. The van der Waals surface area contributed by atoms with Crippen LogP contribution in [0.25, 0.3) is 33.4 Å². The molecule has 0 saturated carbocycles. The van der Waals surface area contributed by atoms with E-state index in [1.807, 2.05) is 36.4 Å². The van der Waals surface area contributed by atoms with E-state index in [1.54, 1.807) is 31.5 Å². The summed E-state index contributed by atoms with van der Waals surface area (Å²) in [6.07, 6.45) is 2.82. The second kappa shape index (κ2) is 6.97. The van der Waals surface area contributed by atoms with Crippen LogP contribution in [0.15, 0.2) is 60.8 Å². The van der Waals surface area contributed by atoms with Crippen LogP contribution in [0.4, 0.5) is 5.69 Å². The first-order valence-corrected chi connectivity index (χ1v) is 10.4. The Morgan fingerprint density at radius 2 is 1.75 bits per heavy atom. The number of fused-ring (bicyclic) bond motifs is 1. The molecule has 0 spiro atoms. The van der Waals surface area contributed by atoms with Crippen molar-refractivity contribution in [2.75, 3.05) is 18.1 Å². The summed E-state index contributed by atoms with van der Waals surface area (Å²) < 4.78 is 31.0. The first kappa shape index (κ1) is 18.0. The van der Waals surface area contributed by atoms with Gasteiger partial charge in [-0.3, -0.25) is 14.8 Å². The van der Waals surface area contributed by atoms with Gasteiger partial charge in [-0.2, -0.15) is 5.10 Å². The molecular formula is C20H18N4O3S. The third-order valence-corrected chi connectivity index (χ3v) is 4.86. The van der Waals surface area contributed by atoms with Crippen LogP contribution in [-0.4, -0.2) is 37.0 Å². The van der Waals surface area contributed by atoms with Crippen LogP contribution < -0.4 is 9.46 Å². The average Bonchev–Trinajstić information content (AvgIpc) is 3.11. The third kappa shape index (κ3) is 3.54. The smallest absolute Gasteiger partial charge is 0.229 e. The van der Waals surface area contributed by atoms with Gasteiger partial charge in [-0.05, 0) is 30.3 Å². The van der Waals surface area contributed by atoms with Crippen LogP contribution in [0.5, 0.6) is 5.75 Å². The Bertz CT molecular complexity index is 1270. The van der Waals surface area contributed by atoms with Gasteiger partial charge in [-0.15, -0.1) is 0 Å². The number of hydrogen-bond donors (Lipinski definition) is 2. The molecule has 142 valence electrons. The number of nitrogens with zero attached hydrogens (tertiary/aromatic N) is 2. The van der Waals surface area contributed by atoms with E-state index in [4.69, 9.17) is 4.74 Å². The van der Waals surface area contributed by atoms with Crippen molar-refractivity contribution in [3.8, 4) is 28.3 Å². The third-order valence-electron chi connectivity index (χ3n) is 4.26. The van der Waals surface area contributed by atoms with Gasteiger partial charge in [0.25, 0.3) is 0 Å². The number of H-pyrrole nitrogens is 1.